The van der Waals surface area contributed by atoms with Crippen LogP contribution in [0, 0.1) is 13.8 Å². The van der Waals surface area contributed by atoms with E-state index in [0.29, 0.717) is 6.42 Å². The van der Waals surface area contributed by atoms with Crippen molar-refractivity contribution in [3.8, 4) is 5.75 Å². The molecule has 1 heterocycles. The second-order valence-electron chi connectivity index (χ2n) is 6.59. The maximum atomic E-state index is 12.5. The lowest BCUT2D eigenvalue weighted by atomic mass is 9.64. The Morgan fingerprint density at radius 2 is 2.00 bits per heavy atom. The Morgan fingerprint density at radius 1 is 1.29 bits per heavy atom. The fourth-order valence-electron chi connectivity index (χ4n) is 3.16. The number of benzene rings is 2. The van der Waals surface area contributed by atoms with Gasteiger partial charge in [0.15, 0.2) is 5.78 Å². The zero-order chi connectivity index (χ0) is 17.3. The monoisotopic (exact) mass is 323 g/mol. The smallest absolute Gasteiger partial charge is 0.526 e. The molecule has 124 valence electrons. The lowest BCUT2D eigenvalue weighted by molar-refractivity contribution is -0.120. The third kappa shape index (κ3) is 3.37. The van der Waals surface area contributed by atoms with Crippen LogP contribution in [-0.2, 0) is 11.2 Å². The van der Waals surface area contributed by atoms with Crippen LogP contribution in [0.2, 0.25) is 5.82 Å². The van der Waals surface area contributed by atoms with E-state index in [1.54, 1.807) is 0 Å². The molecule has 1 aliphatic rings. The molecule has 5 heteroatoms. The molecular weight excluding hydrogens is 301 g/mol. The van der Waals surface area contributed by atoms with Gasteiger partial charge in [-0.3, -0.25) is 4.79 Å². The summed E-state index contributed by atoms with van der Waals surface area (Å²) in [6, 6.07) is 12.9. The molecule has 1 aliphatic heterocycles. The third-order valence-corrected chi connectivity index (χ3v) is 4.66. The first-order valence-corrected chi connectivity index (χ1v) is 8.24. The van der Waals surface area contributed by atoms with E-state index < -0.39 is 13.2 Å². The highest BCUT2D eigenvalue weighted by Crippen LogP contribution is 2.36. The fraction of sp³-hybridized carbons (Fsp3) is 0.316. The van der Waals surface area contributed by atoms with E-state index in [2.05, 4.69) is 0 Å². The average Bonchev–Trinajstić information content (AvgIpc) is 2.56. The Hall–Kier alpha value is -2.11. The number of Topliss-reactive ketones (excluding diaryl/α,β-unsaturated/α-hetero) is 1. The Morgan fingerprint density at radius 3 is 2.71 bits per heavy atom. The number of rotatable bonds is 4. The minimum absolute atomic E-state index is 0.0809. The molecule has 2 aromatic rings. The maximum Gasteiger partial charge on any atom is 0.526 e. The lowest BCUT2D eigenvalue weighted by Gasteiger charge is -2.28. The van der Waals surface area contributed by atoms with E-state index in [1.165, 1.54) is 0 Å². The van der Waals surface area contributed by atoms with E-state index in [0.717, 1.165) is 28.0 Å². The zero-order valence-electron chi connectivity index (χ0n) is 14.0. The topological polar surface area (TPSA) is 72.6 Å². The van der Waals surface area contributed by atoms with Gasteiger partial charge in [0.25, 0.3) is 0 Å². The molecule has 0 bridgehead atoms. The van der Waals surface area contributed by atoms with Crippen LogP contribution in [0.15, 0.2) is 42.5 Å². The first kappa shape index (κ1) is 16.7. The van der Waals surface area contributed by atoms with Crippen LogP contribution in [-0.4, -0.2) is 17.9 Å². The predicted octanol–water partition coefficient (Wildman–Crippen LogP) is 2.75. The van der Waals surface area contributed by atoms with E-state index >= 15 is 0 Å². The molecule has 4 nitrogen and oxygen atoms in total. The van der Waals surface area contributed by atoms with Gasteiger partial charge in [-0.15, -0.1) is 0 Å². The second kappa shape index (κ2) is 6.79. The summed E-state index contributed by atoms with van der Waals surface area (Å²) < 4.78 is 5.64. The van der Waals surface area contributed by atoms with E-state index in [1.807, 2.05) is 56.3 Å². The van der Waals surface area contributed by atoms with Gasteiger partial charge in [0, 0.05) is 12.2 Å². The van der Waals surface area contributed by atoms with Gasteiger partial charge in [0.2, 0.25) is 0 Å². The predicted molar refractivity (Wildman–Crippen MR) is 95.0 cm³/mol. The van der Waals surface area contributed by atoms with E-state index in [4.69, 9.17) is 10.4 Å². The van der Waals surface area contributed by atoms with Gasteiger partial charge >= 0.3 is 7.12 Å². The highest BCUT2D eigenvalue weighted by atomic mass is 16.5. The van der Waals surface area contributed by atoms with Gasteiger partial charge < -0.3 is 15.4 Å². The molecule has 3 rings (SSSR count). The van der Waals surface area contributed by atoms with Crippen molar-refractivity contribution in [1.82, 2.24) is 0 Å². The summed E-state index contributed by atoms with van der Waals surface area (Å²) in [5.74, 6) is 0.377. The average molecular weight is 323 g/mol. The van der Waals surface area contributed by atoms with Crippen LogP contribution in [0.1, 0.15) is 34.7 Å². The molecular formula is C19H22BNO3. The van der Waals surface area contributed by atoms with Crippen molar-refractivity contribution < 1.29 is 14.5 Å². The van der Waals surface area contributed by atoms with Crippen LogP contribution < -0.4 is 10.4 Å². The van der Waals surface area contributed by atoms with Gasteiger partial charge in [-0.05, 0) is 37.0 Å². The molecule has 0 fully saturated rings. The van der Waals surface area contributed by atoms with Gasteiger partial charge in [-0.1, -0.05) is 48.0 Å². The first-order chi connectivity index (χ1) is 11.5. The SMILES string of the molecule is Cc1ccc([C@@H](N)C(=O)C[C@H]2Cc3cccc(C)c3OB2O)cc1. The van der Waals surface area contributed by atoms with Crippen LogP contribution in [0.25, 0.3) is 0 Å². The summed E-state index contributed by atoms with van der Waals surface area (Å²) >= 11 is 0. The molecule has 2 atom stereocenters. The molecule has 2 aromatic carbocycles. The third-order valence-electron chi connectivity index (χ3n) is 4.66. The number of hydrogen-bond donors (Lipinski definition) is 2. The second-order valence-corrected chi connectivity index (χ2v) is 6.59. The summed E-state index contributed by atoms with van der Waals surface area (Å²) in [6.07, 6.45) is 0.814. The summed E-state index contributed by atoms with van der Waals surface area (Å²) in [5, 5.41) is 10.3. The Bertz CT molecular complexity index is 745. The number of aryl methyl sites for hydroxylation is 2. The summed E-state index contributed by atoms with van der Waals surface area (Å²) in [5.41, 5.74) is 10.0. The maximum absolute atomic E-state index is 12.5. The Kier molecular flexibility index (Phi) is 4.74. The number of carbonyl (C=O) groups is 1. The molecule has 0 aromatic heterocycles. The molecule has 0 amide bonds. The number of hydrogen-bond acceptors (Lipinski definition) is 4. The van der Waals surface area contributed by atoms with Crippen LogP contribution in [0.3, 0.4) is 0 Å². The van der Waals surface area contributed by atoms with Gasteiger partial charge in [-0.25, -0.2) is 0 Å². The molecule has 0 spiro atoms. The fourth-order valence-corrected chi connectivity index (χ4v) is 3.16. The number of nitrogens with two attached hydrogens (primary N) is 1. The molecule has 24 heavy (non-hydrogen) atoms. The van der Waals surface area contributed by atoms with E-state index in [-0.39, 0.29) is 18.0 Å². The molecule has 0 unspecified atom stereocenters. The highest BCUT2D eigenvalue weighted by Gasteiger charge is 2.37. The van der Waals surface area contributed by atoms with Crippen molar-refractivity contribution >= 4 is 12.9 Å². The number of ketones is 1. The van der Waals surface area contributed by atoms with Crippen molar-refractivity contribution in [2.24, 2.45) is 5.73 Å². The van der Waals surface area contributed by atoms with Crippen molar-refractivity contribution in [3.63, 3.8) is 0 Å². The van der Waals surface area contributed by atoms with Crippen LogP contribution in [0.5, 0.6) is 5.75 Å². The van der Waals surface area contributed by atoms with Crippen LogP contribution in [0.4, 0.5) is 0 Å². The van der Waals surface area contributed by atoms with Crippen molar-refractivity contribution in [2.45, 2.75) is 38.5 Å². The van der Waals surface area contributed by atoms with Crippen molar-refractivity contribution in [2.75, 3.05) is 0 Å². The van der Waals surface area contributed by atoms with E-state index in [9.17, 15) is 9.82 Å². The minimum atomic E-state index is -0.979. The molecule has 0 aliphatic carbocycles. The standard InChI is InChI=1S/C19H22BNO3/c1-12-6-8-14(9-7-12)18(21)17(22)11-16-10-15-5-3-4-13(2)19(15)24-20(16)23/h3-9,16,18,23H,10-11,21H2,1-2H3/t16-,18-/m1/s1. The highest BCUT2D eigenvalue weighted by molar-refractivity contribution is 6.46. The molecule has 0 saturated carbocycles. The van der Waals surface area contributed by atoms with Gasteiger partial charge in [-0.2, -0.15) is 0 Å². The van der Waals surface area contributed by atoms with Gasteiger partial charge in [0.05, 0.1) is 6.04 Å². The molecule has 0 saturated heterocycles. The van der Waals surface area contributed by atoms with Crippen molar-refractivity contribution in [1.29, 1.82) is 0 Å². The zero-order valence-corrected chi connectivity index (χ0v) is 14.0. The van der Waals surface area contributed by atoms with Crippen LogP contribution >= 0.6 is 0 Å². The quantitative estimate of drug-likeness (QED) is 0.849. The number of carbonyl (C=O) groups excluding carboxylic acids is 1. The van der Waals surface area contributed by atoms with Crippen molar-refractivity contribution in [3.05, 3.63) is 64.7 Å². The number of para-hydroxylation sites is 1. The number of fused-ring (bicyclic) bond motifs is 1. The van der Waals surface area contributed by atoms with Gasteiger partial charge in [0.1, 0.15) is 5.75 Å². The molecule has 3 N–H and O–H groups in total. The largest absolute Gasteiger partial charge is 0.536 e. The minimum Gasteiger partial charge on any atom is -0.536 e. The Labute approximate surface area is 142 Å². The summed E-state index contributed by atoms with van der Waals surface area (Å²) in [4.78, 5) is 12.5. The summed E-state index contributed by atoms with van der Waals surface area (Å²) in [6.45, 7) is 3.94. The molecule has 0 radical (unpaired) electrons. The summed E-state index contributed by atoms with van der Waals surface area (Å²) in [7, 11) is -0.979. The normalized spacial score (nSPS) is 17.8. The Balaban J connectivity index is 1.71. The lowest BCUT2D eigenvalue weighted by Crippen LogP contribution is -2.36. The first-order valence-electron chi connectivity index (χ1n) is 8.24.